The molecule has 3 rings (SSSR count). The Morgan fingerprint density at radius 1 is 1.10 bits per heavy atom. The van der Waals surface area contributed by atoms with Gasteiger partial charge in [0.2, 0.25) is 0 Å². The summed E-state index contributed by atoms with van der Waals surface area (Å²) in [7, 11) is 0. The van der Waals surface area contributed by atoms with Crippen molar-refractivity contribution in [3.63, 3.8) is 0 Å². The highest BCUT2D eigenvalue weighted by Gasteiger charge is 2.20. The number of carbonyl (C=O) groups is 1. The number of pyridine rings is 1. The molecule has 1 aliphatic heterocycles. The molecule has 0 unspecified atom stereocenters. The van der Waals surface area contributed by atoms with Crippen molar-refractivity contribution >= 4 is 5.91 Å². The maximum absolute atomic E-state index is 13.8. The molecule has 2 aromatic rings. The number of amides is 1. The van der Waals surface area contributed by atoms with E-state index in [9.17, 15) is 13.6 Å². The van der Waals surface area contributed by atoms with Gasteiger partial charge in [-0.3, -0.25) is 9.78 Å². The Kier molecular flexibility index (Phi) is 3.64. The van der Waals surface area contributed by atoms with Crippen molar-refractivity contribution in [3.05, 3.63) is 53.9 Å². The molecule has 1 aliphatic rings. The van der Waals surface area contributed by atoms with Crippen molar-refractivity contribution in [2.45, 2.75) is 12.8 Å². The maximum atomic E-state index is 13.8. The van der Waals surface area contributed by atoms with E-state index in [1.54, 1.807) is 11.0 Å². The zero-order valence-corrected chi connectivity index (χ0v) is 11.4. The second kappa shape index (κ2) is 5.60. The van der Waals surface area contributed by atoms with Gasteiger partial charge < -0.3 is 4.90 Å². The Labute approximate surface area is 121 Å². The second-order valence-electron chi connectivity index (χ2n) is 5.09. The lowest BCUT2D eigenvalue weighted by atomic mass is 10.0. The van der Waals surface area contributed by atoms with E-state index in [-0.39, 0.29) is 11.5 Å². The summed E-state index contributed by atoms with van der Waals surface area (Å²) in [5.41, 5.74) is 1.13. The van der Waals surface area contributed by atoms with E-state index in [1.165, 1.54) is 24.5 Å². The van der Waals surface area contributed by atoms with Gasteiger partial charge in [-0.2, -0.15) is 0 Å². The summed E-state index contributed by atoms with van der Waals surface area (Å²) in [6.45, 7) is 1.49. The van der Waals surface area contributed by atoms with Crippen LogP contribution >= 0.6 is 0 Å². The zero-order valence-electron chi connectivity index (χ0n) is 11.4. The molecule has 0 aliphatic carbocycles. The first kappa shape index (κ1) is 13.7. The van der Waals surface area contributed by atoms with Crippen LogP contribution in [0, 0.1) is 11.6 Å². The van der Waals surface area contributed by atoms with Gasteiger partial charge in [0.15, 0.2) is 0 Å². The Hall–Kier alpha value is -2.30. The lowest BCUT2D eigenvalue weighted by Gasteiger charge is -2.15. The molecule has 0 bridgehead atoms. The lowest BCUT2D eigenvalue weighted by molar-refractivity contribution is 0.0792. The first-order chi connectivity index (χ1) is 10.1. The molecule has 0 atom stereocenters. The van der Waals surface area contributed by atoms with Crippen molar-refractivity contribution in [1.29, 1.82) is 0 Å². The Morgan fingerprint density at radius 2 is 1.86 bits per heavy atom. The summed E-state index contributed by atoms with van der Waals surface area (Å²) in [5.74, 6) is -1.39. The summed E-state index contributed by atoms with van der Waals surface area (Å²) in [4.78, 5) is 18.1. The molecular formula is C16H14F2N2O. The smallest absolute Gasteiger partial charge is 0.255 e. The highest BCUT2D eigenvalue weighted by atomic mass is 19.1. The van der Waals surface area contributed by atoms with Crippen LogP contribution in [0.4, 0.5) is 8.78 Å². The third-order valence-corrected chi connectivity index (χ3v) is 3.62. The Bertz CT molecular complexity index is 682. The lowest BCUT2D eigenvalue weighted by Crippen LogP contribution is -2.27. The number of hydrogen-bond donors (Lipinski definition) is 0. The molecule has 1 fully saturated rings. The van der Waals surface area contributed by atoms with Crippen LogP contribution in [0.15, 0.2) is 36.7 Å². The van der Waals surface area contributed by atoms with Crippen molar-refractivity contribution in [2.75, 3.05) is 13.1 Å². The molecule has 0 spiro atoms. The number of hydrogen-bond acceptors (Lipinski definition) is 2. The Morgan fingerprint density at radius 3 is 2.57 bits per heavy atom. The first-order valence-electron chi connectivity index (χ1n) is 6.85. The summed E-state index contributed by atoms with van der Waals surface area (Å²) in [6.07, 6.45) is 4.96. The van der Waals surface area contributed by atoms with E-state index in [0.717, 1.165) is 32.0 Å². The van der Waals surface area contributed by atoms with Gasteiger partial charge in [-0.15, -0.1) is 0 Å². The predicted octanol–water partition coefficient (Wildman–Crippen LogP) is 3.26. The average Bonchev–Trinajstić information content (AvgIpc) is 3.01. The van der Waals surface area contributed by atoms with Crippen LogP contribution < -0.4 is 0 Å². The van der Waals surface area contributed by atoms with Crippen molar-refractivity contribution in [3.8, 4) is 11.1 Å². The molecule has 1 aromatic carbocycles. The summed E-state index contributed by atoms with van der Waals surface area (Å²) in [5, 5.41) is 0. The molecular weight excluding hydrogens is 274 g/mol. The fourth-order valence-electron chi connectivity index (χ4n) is 2.53. The molecule has 1 amide bonds. The van der Waals surface area contributed by atoms with Crippen LogP contribution in [0.2, 0.25) is 0 Å². The molecule has 21 heavy (non-hydrogen) atoms. The van der Waals surface area contributed by atoms with Gasteiger partial charge in [0, 0.05) is 42.7 Å². The number of rotatable bonds is 2. The number of aromatic nitrogens is 1. The maximum Gasteiger partial charge on any atom is 0.255 e. The Balaban J connectivity index is 1.94. The number of carbonyl (C=O) groups excluding carboxylic acids is 1. The fourth-order valence-corrected chi connectivity index (χ4v) is 2.53. The van der Waals surface area contributed by atoms with Crippen LogP contribution in [-0.2, 0) is 0 Å². The highest BCUT2D eigenvalue weighted by Crippen LogP contribution is 2.24. The number of nitrogens with zero attached hydrogens (tertiary/aromatic N) is 2. The summed E-state index contributed by atoms with van der Waals surface area (Å²) < 4.78 is 26.8. The van der Waals surface area contributed by atoms with Gasteiger partial charge in [0.25, 0.3) is 5.91 Å². The third-order valence-electron chi connectivity index (χ3n) is 3.62. The minimum absolute atomic E-state index is 0.0932. The van der Waals surface area contributed by atoms with Gasteiger partial charge in [0.1, 0.15) is 11.6 Å². The summed E-state index contributed by atoms with van der Waals surface area (Å²) >= 11 is 0. The van der Waals surface area contributed by atoms with E-state index in [2.05, 4.69) is 4.98 Å². The van der Waals surface area contributed by atoms with Crippen LogP contribution in [0.1, 0.15) is 23.2 Å². The van der Waals surface area contributed by atoms with E-state index >= 15 is 0 Å². The van der Waals surface area contributed by atoms with Crippen LogP contribution in [0.5, 0.6) is 0 Å². The average molecular weight is 288 g/mol. The molecule has 0 radical (unpaired) electrons. The van der Waals surface area contributed by atoms with Gasteiger partial charge in [0.05, 0.1) is 5.56 Å². The molecule has 0 N–H and O–H groups in total. The third kappa shape index (κ3) is 2.77. The molecule has 5 heteroatoms. The molecule has 3 nitrogen and oxygen atoms in total. The van der Waals surface area contributed by atoms with Gasteiger partial charge in [-0.1, -0.05) is 0 Å². The van der Waals surface area contributed by atoms with Crippen molar-refractivity contribution < 1.29 is 13.6 Å². The van der Waals surface area contributed by atoms with Crippen LogP contribution in [0.3, 0.4) is 0 Å². The number of likely N-dealkylation sites (tertiary alicyclic amines) is 1. The largest absolute Gasteiger partial charge is 0.339 e. The number of benzene rings is 1. The van der Waals surface area contributed by atoms with Gasteiger partial charge in [-0.25, -0.2) is 8.78 Å². The molecule has 1 saturated heterocycles. The van der Waals surface area contributed by atoms with Crippen molar-refractivity contribution in [1.82, 2.24) is 9.88 Å². The SMILES string of the molecule is O=C(c1cncc(-c2ccc(F)cc2F)c1)N1CCCC1. The van der Waals surface area contributed by atoms with E-state index < -0.39 is 11.6 Å². The molecule has 2 heterocycles. The highest BCUT2D eigenvalue weighted by molar-refractivity contribution is 5.95. The monoisotopic (exact) mass is 288 g/mol. The van der Waals surface area contributed by atoms with E-state index in [0.29, 0.717) is 11.1 Å². The standard InChI is InChI=1S/C16H14F2N2O/c17-13-3-4-14(15(18)8-13)11-7-12(10-19-9-11)16(21)20-5-1-2-6-20/h3-4,7-10H,1-2,5-6H2. The topological polar surface area (TPSA) is 33.2 Å². The van der Waals surface area contributed by atoms with Gasteiger partial charge in [-0.05, 0) is 31.0 Å². The normalized spacial score (nSPS) is 14.5. The molecule has 108 valence electrons. The molecule has 1 aromatic heterocycles. The zero-order chi connectivity index (χ0) is 14.8. The van der Waals surface area contributed by atoms with Crippen LogP contribution in [-0.4, -0.2) is 28.9 Å². The predicted molar refractivity (Wildman–Crippen MR) is 74.7 cm³/mol. The minimum Gasteiger partial charge on any atom is -0.339 e. The van der Waals surface area contributed by atoms with E-state index in [1.807, 2.05) is 0 Å². The van der Waals surface area contributed by atoms with Crippen LogP contribution in [0.25, 0.3) is 11.1 Å². The van der Waals surface area contributed by atoms with Crippen molar-refractivity contribution in [2.24, 2.45) is 0 Å². The second-order valence-corrected chi connectivity index (χ2v) is 5.09. The minimum atomic E-state index is -0.664. The molecule has 0 saturated carbocycles. The quantitative estimate of drug-likeness (QED) is 0.849. The fraction of sp³-hybridized carbons (Fsp3) is 0.250. The summed E-state index contributed by atoms with van der Waals surface area (Å²) in [6, 6.07) is 4.97. The number of halogens is 2. The first-order valence-corrected chi connectivity index (χ1v) is 6.85. The van der Waals surface area contributed by atoms with Gasteiger partial charge >= 0.3 is 0 Å². The van der Waals surface area contributed by atoms with E-state index in [4.69, 9.17) is 0 Å².